The monoisotopic (exact) mass is 363 g/mol. The Morgan fingerprint density at radius 1 is 1.44 bits per heavy atom. The van der Waals surface area contributed by atoms with Gasteiger partial charge in [-0.2, -0.15) is 0 Å². The van der Waals surface area contributed by atoms with Crippen molar-refractivity contribution < 1.29 is 19.1 Å². The third-order valence-electron chi connectivity index (χ3n) is 2.96. The maximum Gasteiger partial charge on any atom is 0.326 e. The molecule has 2 rings (SSSR count). The van der Waals surface area contributed by atoms with Gasteiger partial charge in [-0.15, -0.1) is 0 Å². The van der Waals surface area contributed by atoms with Crippen molar-refractivity contribution in [2.75, 3.05) is 6.54 Å². The number of halogens is 2. The molecular formula is C12H11FINO3. The number of carbonyl (C=O) groups is 2. The topological polar surface area (TPSA) is 57.6 Å². The number of hydrogen-bond donors (Lipinski definition) is 1. The number of aliphatic carboxylic acids is 1. The van der Waals surface area contributed by atoms with Crippen molar-refractivity contribution in [1.82, 2.24) is 4.90 Å². The minimum absolute atomic E-state index is 0.343. The van der Waals surface area contributed by atoms with E-state index in [1.807, 2.05) is 22.6 Å². The lowest BCUT2D eigenvalue weighted by Crippen LogP contribution is -2.40. The molecule has 1 atom stereocenters. The van der Waals surface area contributed by atoms with Crippen LogP contribution in [-0.4, -0.2) is 34.5 Å². The maximum absolute atomic E-state index is 13.0. The highest BCUT2D eigenvalue weighted by Crippen LogP contribution is 2.23. The summed E-state index contributed by atoms with van der Waals surface area (Å²) in [7, 11) is 0. The summed E-state index contributed by atoms with van der Waals surface area (Å²) in [6.07, 6.45) is 1.15. The molecule has 1 aliphatic rings. The number of rotatable bonds is 2. The lowest BCUT2D eigenvalue weighted by atomic mass is 10.1. The molecule has 1 saturated heterocycles. The average Bonchev–Trinajstić information content (AvgIpc) is 2.77. The molecule has 6 heteroatoms. The Balaban J connectivity index is 2.28. The summed E-state index contributed by atoms with van der Waals surface area (Å²) in [6, 6.07) is 3.11. The van der Waals surface area contributed by atoms with Gasteiger partial charge in [-0.1, -0.05) is 0 Å². The van der Waals surface area contributed by atoms with Crippen molar-refractivity contribution in [2.24, 2.45) is 0 Å². The molecule has 0 saturated carbocycles. The van der Waals surface area contributed by atoms with Crippen LogP contribution in [0.5, 0.6) is 0 Å². The van der Waals surface area contributed by atoms with Gasteiger partial charge in [0, 0.05) is 10.1 Å². The third-order valence-corrected chi connectivity index (χ3v) is 3.85. The van der Waals surface area contributed by atoms with E-state index in [-0.39, 0.29) is 5.91 Å². The number of carboxylic acids is 1. The van der Waals surface area contributed by atoms with E-state index >= 15 is 0 Å². The highest BCUT2D eigenvalue weighted by molar-refractivity contribution is 14.1. The maximum atomic E-state index is 13.0. The van der Waals surface area contributed by atoms with E-state index in [9.17, 15) is 14.0 Å². The number of hydrogen-bond acceptors (Lipinski definition) is 2. The van der Waals surface area contributed by atoms with Gasteiger partial charge in [-0.3, -0.25) is 4.79 Å². The van der Waals surface area contributed by atoms with E-state index in [0.717, 1.165) is 0 Å². The summed E-state index contributed by atoms with van der Waals surface area (Å²) in [5.41, 5.74) is 0.352. The molecule has 96 valence electrons. The van der Waals surface area contributed by atoms with Gasteiger partial charge in [-0.05, 0) is 53.6 Å². The second-order valence-electron chi connectivity index (χ2n) is 4.12. The summed E-state index contributed by atoms with van der Waals surface area (Å²) in [6.45, 7) is 0.434. The van der Waals surface area contributed by atoms with Gasteiger partial charge < -0.3 is 10.0 Å². The van der Waals surface area contributed by atoms with Crippen LogP contribution in [0.4, 0.5) is 4.39 Å². The molecule has 1 aliphatic heterocycles. The van der Waals surface area contributed by atoms with E-state index in [4.69, 9.17) is 5.11 Å². The van der Waals surface area contributed by atoms with Crippen LogP contribution in [0.15, 0.2) is 18.2 Å². The Morgan fingerprint density at radius 3 is 2.78 bits per heavy atom. The van der Waals surface area contributed by atoms with Crippen LogP contribution in [0.2, 0.25) is 0 Å². The van der Waals surface area contributed by atoms with Crippen LogP contribution >= 0.6 is 22.6 Å². The van der Waals surface area contributed by atoms with E-state index < -0.39 is 17.8 Å². The molecular weight excluding hydrogens is 352 g/mol. The second kappa shape index (κ2) is 5.21. The van der Waals surface area contributed by atoms with Crippen LogP contribution in [0.25, 0.3) is 0 Å². The Morgan fingerprint density at radius 2 is 2.17 bits per heavy atom. The van der Waals surface area contributed by atoms with E-state index in [1.54, 1.807) is 0 Å². The highest BCUT2D eigenvalue weighted by Gasteiger charge is 2.34. The number of carboxylic acid groups (broad SMARTS) is 1. The fourth-order valence-electron chi connectivity index (χ4n) is 2.08. The van der Waals surface area contributed by atoms with E-state index in [1.165, 1.54) is 23.1 Å². The van der Waals surface area contributed by atoms with Gasteiger partial charge in [0.1, 0.15) is 11.9 Å². The predicted molar refractivity (Wildman–Crippen MR) is 70.8 cm³/mol. The smallest absolute Gasteiger partial charge is 0.326 e. The van der Waals surface area contributed by atoms with Gasteiger partial charge in [-0.25, -0.2) is 9.18 Å². The van der Waals surface area contributed by atoms with Crippen LogP contribution in [0.3, 0.4) is 0 Å². The molecule has 0 radical (unpaired) electrons. The van der Waals surface area contributed by atoms with Crippen molar-refractivity contribution >= 4 is 34.5 Å². The fraction of sp³-hybridized carbons (Fsp3) is 0.333. The molecule has 1 amide bonds. The summed E-state index contributed by atoms with van der Waals surface area (Å²) in [4.78, 5) is 24.6. The standard InChI is InChI=1S/C12H11FINO3/c13-7-3-4-8(9(14)6-7)11(16)15-5-1-2-10(15)12(17)18/h3-4,6,10H,1-2,5H2,(H,17,18)/t10-/m0/s1. The molecule has 0 spiro atoms. The van der Waals surface area contributed by atoms with Crippen molar-refractivity contribution in [3.05, 3.63) is 33.1 Å². The summed E-state index contributed by atoms with van der Waals surface area (Å²) >= 11 is 1.88. The normalized spacial score (nSPS) is 19.0. The van der Waals surface area contributed by atoms with Gasteiger partial charge in [0.25, 0.3) is 5.91 Å². The number of nitrogens with zero attached hydrogens (tertiary/aromatic N) is 1. The van der Waals surface area contributed by atoms with E-state index in [2.05, 4.69) is 0 Å². The summed E-state index contributed by atoms with van der Waals surface area (Å²) < 4.78 is 13.5. The lowest BCUT2D eigenvalue weighted by Gasteiger charge is -2.21. The Hall–Kier alpha value is -1.18. The van der Waals surface area contributed by atoms with E-state index in [0.29, 0.717) is 28.5 Å². The minimum atomic E-state index is -0.988. The Bertz CT molecular complexity index is 506. The Labute approximate surface area is 117 Å². The van der Waals surface area contributed by atoms with Crippen molar-refractivity contribution in [1.29, 1.82) is 0 Å². The van der Waals surface area contributed by atoms with Gasteiger partial charge in [0.2, 0.25) is 0 Å². The molecule has 1 aromatic rings. The van der Waals surface area contributed by atoms with Crippen LogP contribution in [0.1, 0.15) is 23.2 Å². The average molecular weight is 363 g/mol. The zero-order valence-corrected chi connectivity index (χ0v) is 11.6. The number of carbonyl (C=O) groups excluding carboxylic acids is 1. The molecule has 0 aromatic heterocycles. The molecule has 4 nitrogen and oxygen atoms in total. The number of benzene rings is 1. The number of amides is 1. The molecule has 0 unspecified atom stereocenters. The molecule has 1 heterocycles. The van der Waals surface area contributed by atoms with Crippen LogP contribution in [-0.2, 0) is 4.79 Å². The number of likely N-dealkylation sites (tertiary alicyclic amines) is 1. The van der Waals surface area contributed by atoms with Gasteiger partial charge >= 0.3 is 5.97 Å². The minimum Gasteiger partial charge on any atom is -0.480 e. The first kappa shape index (κ1) is 13.3. The zero-order valence-electron chi connectivity index (χ0n) is 9.40. The molecule has 0 aliphatic carbocycles. The first-order valence-corrected chi connectivity index (χ1v) is 6.57. The van der Waals surface area contributed by atoms with Crippen molar-refractivity contribution in [3.63, 3.8) is 0 Å². The predicted octanol–water partition coefficient (Wildman–Crippen LogP) is 2.12. The molecule has 0 bridgehead atoms. The molecule has 18 heavy (non-hydrogen) atoms. The Kier molecular flexibility index (Phi) is 3.84. The second-order valence-corrected chi connectivity index (χ2v) is 5.28. The first-order valence-electron chi connectivity index (χ1n) is 5.49. The lowest BCUT2D eigenvalue weighted by molar-refractivity contribution is -0.141. The molecule has 1 aromatic carbocycles. The van der Waals surface area contributed by atoms with Gasteiger partial charge in [0.15, 0.2) is 0 Å². The molecule has 1 fully saturated rings. The molecule has 1 N–H and O–H groups in total. The zero-order chi connectivity index (χ0) is 13.3. The van der Waals surface area contributed by atoms with Crippen molar-refractivity contribution in [3.8, 4) is 0 Å². The first-order chi connectivity index (χ1) is 8.50. The van der Waals surface area contributed by atoms with Crippen molar-refractivity contribution in [2.45, 2.75) is 18.9 Å². The highest BCUT2D eigenvalue weighted by atomic mass is 127. The largest absolute Gasteiger partial charge is 0.480 e. The quantitative estimate of drug-likeness (QED) is 0.819. The fourth-order valence-corrected chi connectivity index (χ4v) is 2.79. The van der Waals surface area contributed by atoms with Crippen LogP contribution < -0.4 is 0 Å². The summed E-state index contributed by atoms with van der Waals surface area (Å²) in [5, 5.41) is 9.04. The third kappa shape index (κ3) is 2.47. The van der Waals surface area contributed by atoms with Gasteiger partial charge in [0.05, 0.1) is 5.56 Å². The summed E-state index contributed by atoms with van der Waals surface area (Å²) in [5.74, 6) is -1.74. The van der Waals surface area contributed by atoms with Crippen LogP contribution in [0, 0.1) is 9.39 Å². The SMILES string of the molecule is O=C(O)[C@@H]1CCCN1C(=O)c1ccc(F)cc1I.